The van der Waals surface area contributed by atoms with Crippen LogP contribution in [0, 0.1) is 13.8 Å². The fraction of sp³-hybridized carbons (Fsp3) is 0.167. The Morgan fingerprint density at radius 2 is 2.00 bits per heavy atom. The highest BCUT2D eigenvalue weighted by Crippen LogP contribution is 2.30. The third-order valence-corrected chi connectivity index (χ3v) is 4.78. The quantitative estimate of drug-likeness (QED) is 0.494. The molecule has 3 aromatic heterocycles. The van der Waals surface area contributed by atoms with Crippen molar-refractivity contribution in [2.45, 2.75) is 19.0 Å². The minimum atomic E-state index is -0.280. The molecule has 0 saturated carbocycles. The molecule has 0 bridgehead atoms. The number of benzene rings is 1. The van der Waals surface area contributed by atoms with Gasteiger partial charge in [-0.3, -0.25) is 14.7 Å². The molecule has 0 aliphatic heterocycles. The molecule has 0 spiro atoms. The fourth-order valence-electron chi connectivity index (χ4n) is 2.60. The van der Waals surface area contributed by atoms with Gasteiger partial charge in [0.1, 0.15) is 5.76 Å². The SMILES string of the molecule is Cc1noc(NC(=O)CSc2nnc(-c3ccoc3C)n2-c2ccccc2)n1. The normalized spacial score (nSPS) is 10.9. The summed E-state index contributed by atoms with van der Waals surface area (Å²) in [5.74, 6) is 1.67. The molecule has 3 heterocycles. The van der Waals surface area contributed by atoms with E-state index in [1.165, 1.54) is 11.8 Å². The van der Waals surface area contributed by atoms with E-state index < -0.39 is 0 Å². The second-order valence-electron chi connectivity index (χ2n) is 5.85. The number of rotatable bonds is 6. The van der Waals surface area contributed by atoms with Crippen LogP contribution in [0.3, 0.4) is 0 Å². The van der Waals surface area contributed by atoms with E-state index in [1.54, 1.807) is 13.2 Å². The lowest BCUT2D eigenvalue weighted by Crippen LogP contribution is -2.14. The van der Waals surface area contributed by atoms with E-state index >= 15 is 0 Å². The largest absolute Gasteiger partial charge is 0.469 e. The molecule has 0 aliphatic rings. The third kappa shape index (κ3) is 3.67. The number of nitrogens with one attached hydrogen (secondary N) is 1. The number of hydrogen-bond acceptors (Lipinski definition) is 8. The van der Waals surface area contributed by atoms with Crippen LogP contribution in [0.25, 0.3) is 17.1 Å². The molecule has 28 heavy (non-hydrogen) atoms. The molecule has 1 amide bonds. The van der Waals surface area contributed by atoms with Gasteiger partial charge in [-0.2, -0.15) is 4.98 Å². The molecular formula is C18H16N6O3S. The Morgan fingerprint density at radius 3 is 2.68 bits per heavy atom. The predicted molar refractivity (Wildman–Crippen MR) is 102 cm³/mol. The molecule has 0 saturated heterocycles. The van der Waals surface area contributed by atoms with Gasteiger partial charge in [-0.15, -0.1) is 10.2 Å². The summed E-state index contributed by atoms with van der Waals surface area (Å²) in [5.41, 5.74) is 1.73. The average Bonchev–Trinajstić information content (AvgIpc) is 3.40. The van der Waals surface area contributed by atoms with E-state index in [-0.39, 0.29) is 17.7 Å². The second-order valence-corrected chi connectivity index (χ2v) is 6.79. The van der Waals surface area contributed by atoms with Gasteiger partial charge < -0.3 is 8.94 Å². The highest BCUT2D eigenvalue weighted by Gasteiger charge is 2.20. The lowest BCUT2D eigenvalue weighted by Gasteiger charge is -2.09. The molecule has 4 rings (SSSR count). The number of carbonyl (C=O) groups excluding carboxylic acids is 1. The molecule has 0 fully saturated rings. The lowest BCUT2D eigenvalue weighted by atomic mass is 10.2. The van der Waals surface area contributed by atoms with Gasteiger partial charge in [0.15, 0.2) is 16.8 Å². The number of carbonyl (C=O) groups is 1. The van der Waals surface area contributed by atoms with E-state index in [9.17, 15) is 4.79 Å². The zero-order valence-electron chi connectivity index (χ0n) is 15.1. The standard InChI is InChI=1S/C18H16N6O3S/c1-11-14(8-9-26-11)16-21-22-18(24(16)13-6-4-3-5-7-13)28-10-15(25)20-17-19-12(2)23-27-17/h3-9H,10H2,1-2H3,(H,19,20,23,25). The summed E-state index contributed by atoms with van der Waals surface area (Å²) in [5, 5.41) is 15.4. The first-order valence-electron chi connectivity index (χ1n) is 8.40. The van der Waals surface area contributed by atoms with Crippen molar-refractivity contribution in [3.05, 3.63) is 54.2 Å². The first-order valence-corrected chi connectivity index (χ1v) is 9.38. The van der Waals surface area contributed by atoms with Crippen LogP contribution in [0.1, 0.15) is 11.6 Å². The van der Waals surface area contributed by atoms with Gasteiger partial charge in [-0.25, -0.2) is 0 Å². The van der Waals surface area contributed by atoms with Crippen molar-refractivity contribution in [3.8, 4) is 17.1 Å². The molecule has 4 aromatic rings. The number of anilines is 1. The van der Waals surface area contributed by atoms with Crippen LogP contribution >= 0.6 is 11.8 Å². The Bertz CT molecular complexity index is 1100. The van der Waals surface area contributed by atoms with Gasteiger partial charge >= 0.3 is 6.01 Å². The highest BCUT2D eigenvalue weighted by molar-refractivity contribution is 7.99. The van der Waals surface area contributed by atoms with Crippen molar-refractivity contribution in [3.63, 3.8) is 0 Å². The first-order chi connectivity index (χ1) is 13.6. The number of aromatic nitrogens is 5. The Morgan fingerprint density at radius 1 is 1.18 bits per heavy atom. The van der Waals surface area contributed by atoms with Gasteiger partial charge in [0, 0.05) is 5.69 Å². The molecule has 1 aromatic carbocycles. The molecular weight excluding hydrogens is 380 g/mol. The smallest absolute Gasteiger partial charge is 0.328 e. The summed E-state index contributed by atoms with van der Waals surface area (Å²) in [4.78, 5) is 16.2. The van der Waals surface area contributed by atoms with Crippen molar-refractivity contribution < 1.29 is 13.7 Å². The maximum atomic E-state index is 12.2. The lowest BCUT2D eigenvalue weighted by molar-refractivity contribution is -0.114. The zero-order chi connectivity index (χ0) is 19.5. The first kappa shape index (κ1) is 18.0. The van der Waals surface area contributed by atoms with Crippen LogP contribution in [0.5, 0.6) is 0 Å². The Kier molecular flexibility index (Phi) is 4.94. The Labute approximate surface area is 164 Å². The van der Waals surface area contributed by atoms with E-state index in [4.69, 9.17) is 8.94 Å². The maximum absolute atomic E-state index is 12.2. The Balaban J connectivity index is 1.59. The second kappa shape index (κ2) is 7.69. The molecule has 0 unspecified atom stereocenters. The topological polar surface area (TPSA) is 112 Å². The number of furan rings is 1. The monoisotopic (exact) mass is 396 g/mol. The van der Waals surface area contributed by atoms with E-state index in [0.717, 1.165) is 17.0 Å². The zero-order valence-corrected chi connectivity index (χ0v) is 15.9. The van der Waals surface area contributed by atoms with Crippen LogP contribution in [0.15, 0.2) is 56.8 Å². The van der Waals surface area contributed by atoms with Gasteiger partial charge in [0.25, 0.3) is 0 Å². The van der Waals surface area contributed by atoms with Crippen molar-refractivity contribution >= 4 is 23.7 Å². The van der Waals surface area contributed by atoms with Gasteiger partial charge in [-0.05, 0) is 32.0 Å². The summed E-state index contributed by atoms with van der Waals surface area (Å²) in [6, 6.07) is 11.6. The molecule has 0 radical (unpaired) electrons. The van der Waals surface area contributed by atoms with Crippen LogP contribution < -0.4 is 5.32 Å². The van der Waals surface area contributed by atoms with Crippen LogP contribution in [-0.4, -0.2) is 36.6 Å². The van der Waals surface area contributed by atoms with E-state index in [0.29, 0.717) is 16.8 Å². The number of hydrogen-bond donors (Lipinski definition) is 1. The number of thioether (sulfide) groups is 1. The van der Waals surface area contributed by atoms with E-state index in [1.807, 2.05) is 47.9 Å². The van der Waals surface area contributed by atoms with Gasteiger partial charge in [0.2, 0.25) is 5.91 Å². The van der Waals surface area contributed by atoms with Crippen LogP contribution in [0.4, 0.5) is 6.01 Å². The predicted octanol–water partition coefficient (Wildman–Crippen LogP) is 3.26. The van der Waals surface area contributed by atoms with Gasteiger partial charge in [-0.1, -0.05) is 35.1 Å². The summed E-state index contributed by atoms with van der Waals surface area (Å²) in [7, 11) is 0. The maximum Gasteiger partial charge on any atom is 0.328 e. The van der Waals surface area contributed by atoms with Crippen molar-refractivity contribution in [1.82, 2.24) is 24.9 Å². The Hall–Kier alpha value is -3.40. The number of para-hydroxylation sites is 1. The minimum absolute atomic E-state index is 0.0716. The molecule has 0 aliphatic carbocycles. The van der Waals surface area contributed by atoms with Crippen molar-refractivity contribution in [1.29, 1.82) is 0 Å². The minimum Gasteiger partial charge on any atom is -0.469 e. The number of nitrogens with zero attached hydrogens (tertiary/aromatic N) is 5. The summed E-state index contributed by atoms with van der Waals surface area (Å²) < 4.78 is 12.2. The van der Waals surface area contributed by atoms with Crippen molar-refractivity contribution in [2.75, 3.05) is 11.1 Å². The molecule has 1 N–H and O–H groups in total. The van der Waals surface area contributed by atoms with Crippen LogP contribution in [0.2, 0.25) is 0 Å². The van der Waals surface area contributed by atoms with E-state index in [2.05, 4.69) is 25.7 Å². The average molecular weight is 396 g/mol. The highest BCUT2D eigenvalue weighted by atomic mass is 32.2. The summed E-state index contributed by atoms with van der Waals surface area (Å²) >= 11 is 1.26. The summed E-state index contributed by atoms with van der Waals surface area (Å²) in [6.07, 6.45) is 1.61. The third-order valence-electron chi connectivity index (χ3n) is 3.85. The molecule has 9 nitrogen and oxygen atoms in total. The van der Waals surface area contributed by atoms with Crippen LogP contribution in [-0.2, 0) is 4.79 Å². The van der Waals surface area contributed by atoms with Crippen molar-refractivity contribution in [2.24, 2.45) is 0 Å². The molecule has 10 heteroatoms. The molecule has 0 atom stereocenters. The summed E-state index contributed by atoms with van der Waals surface area (Å²) in [6.45, 7) is 3.54. The number of aryl methyl sites for hydroxylation is 2. The fourth-order valence-corrected chi connectivity index (χ4v) is 3.35. The van der Waals surface area contributed by atoms with Gasteiger partial charge in [0.05, 0.1) is 17.6 Å². The number of amides is 1. The molecule has 142 valence electrons.